The van der Waals surface area contributed by atoms with Crippen molar-refractivity contribution >= 4 is 11.3 Å². The van der Waals surface area contributed by atoms with Gasteiger partial charge >= 0.3 is 0 Å². The highest BCUT2D eigenvalue weighted by Crippen LogP contribution is 2.41. The summed E-state index contributed by atoms with van der Waals surface area (Å²) in [4.78, 5) is 5.74. The highest BCUT2D eigenvalue weighted by atomic mass is 32.1. The van der Waals surface area contributed by atoms with Crippen LogP contribution in [0.5, 0.6) is 0 Å². The summed E-state index contributed by atoms with van der Waals surface area (Å²) in [5.41, 5.74) is 0. The topological polar surface area (TPSA) is 15.3 Å². The van der Waals surface area contributed by atoms with Crippen LogP contribution in [0, 0.1) is 12.8 Å². The molecule has 0 unspecified atom stereocenters. The van der Waals surface area contributed by atoms with E-state index < -0.39 is 0 Å². The summed E-state index contributed by atoms with van der Waals surface area (Å²) in [6, 6.07) is 5.33. The van der Waals surface area contributed by atoms with Crippen LogP contribution < -0.4 is 5.32 Å². The van der Waals surface area contributed by atoms with Crippen molar-refractivity contribution in [3.8, 4) is 0 Å². The molecule has 0 radical (unpaired) electrons. The molecule has 1 aromatic heterocycles. The molecule has 3 heteroatoms. The van der Waals surface area contributed by atoms with Crippen LogP contribution in [0.2, 0.25) is 0 Å². The van der Waals surface area contributed by atoms with Crippen molar-refractivity contribution in [1.82, 2.24) is 10.2 Å². The number of hydrogen-bond acceptors (Lipinski definition) is 3. The minimum absolute atomic E-state index is 0.697. The van der Waals surface area contributed by atoms with Crippen molar-refractivity contribution in [3.05, 3.63) is 21.9 Å². The van der Waals surface area contributed by atoms with Gasteiger partial charge in [-0.2, -0.15) is 0 Å². The van der Waals surface area contributed by atoms with Gasteiger partial charge in [0.1, 0.15) is 0 Å². The highest BCUT2D eigenvalue weighted by Gasteiger charge is 2.30. The minimum Gasteiger partial charge on any atom is -0.314 e. The molecule has 0 amide bonds. The molecule has 3 rings (SSSR count). The number of rotatable bonds is 4. The number of aryl methyl sites for hydroxylation is 1. The zero-order valence-corrected chi connectivity index (χ0v) is 11.4. The third kappa shape index (κ3) is 2.90. The van der Waals surface area contributed by atoms with Crippen molar-refractivity contribution in [3.63, 3.8) is 0 Å². The largest absolute Gasteiger partial charge is 0.314 e. The molecule has 1 atom stereocenters. The zero-order chi connectivity index (χ0) is 11.7. The number of piperazine rings is 1. The lowest BCUT2D eigenvalue weighted by atomic mass is 10.1. The Bertz CT molecular complexity index is 364. The summed E-state index contributed by atoms with van der Waals surface area (Å²) in [6.45, 7) is 6.97. The van der Waals surface area contributed by atoms with Gasteiger partial charge in [-0.15, -0.1) is 11.3 Å². The summed E-state index contributed by atoms with van der Waals surface area (Å²) in [5, 5.41) is 3.46. The summed E-state index contributed by atoms with van der Waals surface area (Å²) in [6.07, 6.45) is 4.32. The fraction of sp³-hybridized carbons (Fsp3) is 0.714. The summed E-state index contributed by atoms with van der Waals surface area (Å²) in [7, 11) is 0. The van der Waals surface area contributed by atoms with E-state index in [1.165, 1.54) is 37.2 Å². The Balaban J connectivity index is 1.74. The van der Waals surface area contributed by atoms with Crippen LogP contribution in [0.15, 0.2) is 12.1 Å². The fourth-order valence-electron chi connectivity index (χ4n) is 2.74. The van der Waals surface area contributed by atoms with E-state index in [0.29, 0.717) is 6.04 Å². The van der Waals surface area contributed by atoms with Gasteiger partial charge in [-0.05, 0) is 31.4 Å². The lowest BCUT2D eigenvalue weighted by Gasteiger charge is -2.34. The van der Waals surface area contributed by atoms with E-state index in [0.717, 1.165) is 19.0 Å². The van der Waals surface area contributed by atoms with Gasteiger partial charge in [-0.1, -0.05) is 12.8 Å². The Morgan fingerprint density at radius 2 is 2.12 bits per heavy atom. The number of thiophene rings is 1. The lowest BCUT2D eigenvalue weighted by molar-refractivity contribution is 0.163. The summed E-state index contributed by atoms with van der Waals surface area (Å²) >= 11 is 2.00. The van der Waals surface area contributed by atoms with Gasteiger partial charge < -0.3 is 5.32 Å². The Labute approximate surface area is 108 Å². The molecular weight excluding hydrogens is 228 g/mol. The first-order valence-electron chi connectivity index (χ1n) is 6.84. The van der Waals surface area contributed by atoms with Gasteiger partial charge in [0.05, 0.1) is 0 Å². The molecule has 94 valence electrons. The summed E-state index contributed by atoms with van der Waals surface area (Å²) < 4.78 is 0. The van der Waals surface area contributed by atoms with Crippen LogP contribution in [-0.2, 0) is 0 Å². The SMILES string of the molecule is Cc1ccc([C@H](CC2CC2)N2CCNCC2)s1. The second kappa shape index (κ2) is 5.09. The third-order valence-electron chi connectivity index (χ3n) is 3.94. The second-order valence-electron chi connectivity index (χ2n) is 5.43. The Kier molecular flexibility index (Phi) is 3.50. The highest BCUT2D eigenvalue weighted by molar-refractivity contribution is 7.12. The molecular formula is C14H22N2S. The molecule has 2 nitrogen and oxygen atoms in total. The van der Waals surface area contributed by atoms with E-state index in [4.69, 9.17) is 0 Å². The van der Waals surface area contributed by atoms with Crippen LogP contribution in [0.25, 0.3) is 0 Å². The van der Waals surface area contributed by atoms with Crippen molar-refractivity contribution in [2.45, 2.75) is 32.2 Å². The zero-order valence-electron chi connectivity index (χ0n) is 10.6. The smallest absolute Gasteiger partial charge is 0.0445 e. The molecule has 0 bridgehead atoms. The van der Waals surface area contributed by atoms with E-state index in [9.17, 15) is 0 Å². The lowest BCUT2D eigenvalue weighted by Crippen LogP contribution is -2.45. The summed E-state index contributed by atoms with van der Waals surface area (Å²) in [5.74, 6) is 1.01. The van der Waals surface area contributed by atoms with Crippen LogP contribution in [-0.4, -0.2) is 31.1 Å². The predicted octanol–water partition coefficient (Wildman–Crippen LogP) is 2.80. The third-order valence-corrected chi connectivity index (χ3v) is 5.04. The molecule has 1 saturated carbocycles. The first kappa shape index (κ1) is 11.7. The van der Waals surface area contributed by atoms with E-state index in [2.05, 4.69) is 29.3 Å². The fourth-order valence-corrected chi connectivity index (χ4v) is 3.77. The molecule has 1 aromatic rings. The Morgan fingerprint density at radius 1 is 1.35 bits per heavy atom. The first-order valence-corrected chi connectivity index (χ1v) is 7.65. The van der Waals surface area contributed by atoms with Gasteiger partial charge in [0, 0.05) is 42.0 Å². The van der Waals surface area contributed by atoms with Gasteiger partial charge in [0.2, 0.25) is 0 Å². The normalized spacial score (nSPS) is 23.8. The molecule has 0 spiro atoms. The maximum Gasteiger partial charge on any atom is 0.0445 e. The number of nitrogens with zero attached hydrogens (tertiary/aromatic N) is 1. The molecule has 1 aliphatic carbocycles. The number of hydrogen-bond donors (Lipinski definition) is 1. The van der Waals surface area contributed by atoms with Crippen LogP contribution >= 0.6 is 11.3 Å². The van der Waals surface area contributed by atoms with Crippen LogP contribution in [0.3, 0.4) is 0 Å². The number of nitrogens with one attached hydrogen (secondary N) is 1. The molecule has 17 heavy (non-hydrogen) atoms. The first-order chi connectivity index (χ1) is 8.33. The molecule has 2 fully saturated rings. The molecule has 1 saturated heterocycles. The van der Waals surface area contributed by atoms with Gasteiger partial charge in [0.15, 0.2) is 0 Å². The van der Waals surface area contributed by atoms with Crippen molar-refractivity contribution in [2.75, 3.05) is 26.2 Å². The van der Waals surface area contributed by atoms with Crippen molar-refractivity contribution in [1.29, 1.82) is 0 Å². The van der Waals surface area contributed by atoms with Crippen LogP contribution in [0.4, 0.5) is 0 Å². The molecule has 1 aliphatic heterocycles. The quantitative estimate of drug-likeness (QED) is 0.884. The molecule has 2 aliphatic rings. The van der Waals surface area contributed by atoms with E-state index in [1.807, 2.05) is 11.3 Å². The van der Waals surface area contributed by atoms with Gasteiger partial charge in [0.25, 0.3) is 0 Å². The van der Waals surface area contributed by atoms with E-state index >= 15 is 0 Å². The monoisotopic (exact) mass is 250 g/mol. The Morgan fingerprint density at radius 3 is 2.71 bits per heavy atom. The van der Waals surface area contributed by atoms with Crippen molar-refractivity contribution < 1.29 is 0 Å². The van der Waals surface area contributed by atoms with E-state index in [-0.39, 0.29) is 0 Å². The Hall–Kier alpha value is -0.380. The molecule has 0 aromatic carbocycles. The average Bonchev–Trinajstić information content (AvgIpc) is 3.08. The predicted molar refractivity (Wildman–Crippen MR) is 73.6 cm³/mol. The standard InChI is InChI=1S/C14H22N2S/c1-11-2-5-14(17-11)13(10-12-3-4-12)16-8-6-15-7-9-16/h2,5,12-13,15H,3-4,6-10H2,1H3/t13-/m0/s1. The minimum atomic E-state index is 0.697. The average molecular weight is 250 g/mol. The van der Waals surface area contributed by atoms with Gasteiger partial charge in [-0.25, -0.2) is 0 Å². The molecule has 2 heterocycles. The van der Waals surface area contributed by atoms with E-state index in [1.54, 1.807) is 4.88 Å². The second-order valence-corrected chi connectivity index (χ2v) is 6.75. The van der Waals surface area contributed by atoms with Crippen LogP contribution in [0.1, 0.15) is 35.1 Å². The van der Waals surface area contributed by atoms with Gasteiger partial charge in [-0.3, -0.25) is 4.90 Å². The molecule has 1 N–H and O–H groups in total. The van der Waals surface area contributed by atoms with Crippen molar-refractivity contribution in [2.24, 2.45) is 5.92 Å². The maximum absolute atomic E-state index is 3.46. The maximum atomic E-state index is 3.46.